The molecule has 2 fully saturated rings. The van der Waals surface area contributed by atoms with Gasteiger partial charge in [0.1, 0.15) is 12.7 Å². The molecule has 2 aromatic heterocycles. The molecule has 1 aliphatic carbocycles. The van der Waals surface area contributed by atoms with E-state index in [9.17, 15) is 4.79 Å². The largest absolute Gasteiger partial charge is 0.375 e. The monoisotopic (exact) mass is 316 g/mol. The Bertz CT molecular complexity index is 711. The van der Waals surface area contributed by atoms with Crippen LogP contribution in [0.2, 0.25) is 0 Å². The molecule has 0 bridgehead atoms. The quantitative estimate of drug-likeness (QED) is 0.817. The number of ether oxygens (including phenoxy) is 1. The van der Waals surface area contributed by atoms with Crippen LogP contribution in [0.5, 0.6) is 0 Å². The molecular formula is C15H20N6O2. The van der Waals surface area contributed by atoms with Crippen molar-refractivity contribution in [3.05, 3.63) is 35.1 Å². The van der Waals surface area contributed by atoms with Crippen LogP contribution in [0, 0.1) is 0 Å². The molecule has 4 rings (SSSR count). The maximum Gasteiger partial charge on any atom is 0.268 e. The van der Waals surface area contributed by atoms with Crippen LogP contribution in [-0.4, -0.2) is 54.7 Å². The molecule has 1 saturated carbocycles. The Morgan fingerprint density at radius 3 is 3.04 bits per heavy atom. The molecule has 2 atom stereocenters. The first-order chi connectivity index (χ1) is 11.3. The van der Waals surface area contributed by atoms with Gasteiger partial charge in [-0.1, -0.05) is 12.8 Å². The lowest BCUT2D eigenvalue weighted by molar-refractivity contribution is -0.0996. The molecule has 23 heavy (non-hydrogen) atoms. The molecule has 122 valence electrons. The standard InChI is InChI=1S/C15H20N6O2/c22-15-6-5-14(20-10-16-9-17-20)18-21(15)11-19-7-8-23-13-4-2-1-3-12(13)19/h5-6,9-10,12-13H,1-4,7-8,11H2. The Hall–Kier alpha value is -2.06. The van der Waals surface area contributed by atoms with Crippen molar-refractivity contribution >= 4 is 0 Å². The first kappa shape index (κ1) is 14.5. The Kier molecular flexibility index (Phi) is 3.92. The summed E-state index contributed by atoms with van der Waals surface area (Å²) in [5.41, 5.74) is -0.104. The second-order valence-corrected chi connectivity index (χ2v) is 6.08. The molecule has 0 aromatic carbocycles. The average Bonchev–Trinajstić information content (AvgIpc) is 3.12. The van der Waals surface area contributed by atoms with Gasteiger partial charge in [-0.15, -0.1) is 5.10 Å². The van der Waals surface area contributed by atoms with Crippen LogP contribution < -0.4 is 5.56 Å². The number of morpholine rings is 1. The molecule has 2 aliphatic rings. The first-order valence-electron chi connectivity index (χ1n) is 8.10. The summed E-state index contributed by atoms with van der Waals surface area (Å²) in [4.78, 5) is 18.4. The van der Waals surface area contributed by atoms with Gasteiger partial charge in [-0.3, -0.25) is 9.69 Å². The zero-order valence-electron chi connectivity index (χ0n) is 12.9. The molecule has 0 N–H and O–H groups in total. The lowest BCUT2D eigenvalue weighted by Crippen LogP contribution is -2.53. The topological polar surface area (TPSA) is 78.1 Å². The van der Waals surface area contributed by atoms with Gasteiger partial charge in [0.25, 0.3) is 5.56 Å². The lowest BCUT2D eigenvalue weighted by Gasteiger charge is -2.43. The second-order valence-electron chi connectivity index (χ2n) is 6.08. The number of hydrogen-bond acceptors (Lipinski definition) is 6. The molecule has 8 heteroatoms. The first-order valence-corrected chi connectivity index (χ1v) is 8.10. The van der Waals surface area contributed by atoms with E-state index in [-0.39, 0.29) is 5.56 Å². The van der Waals surface area contributed by atoms with Gasteiger partial charge in [-0.25, -0.2) is 14.3 Å². The molecule has 0 amide bonds. The molecule has 1 saturated heterocycles. The van der Waals surface area contributed by atoms with E-state index in [0.29, 0.717) is 24.6 Å². The Balaban J connectivity index is 1.58. The Morgan fingerprint density at radius 2 is 2.17 bits per heavy atom. The van der Waals surface area contributed by atoms with Gasteiger partial charge < -0.3 is 4.74 Å². The molecule has 0 spiro atoms. The van der Waals surface area contributed by atoms with Crippen LogP contribution in [-0.2, 0) is 11.4 Å². The van der Waals surface area contributed by atoms with Gasteiger partial charge in [-0.2, -0.15) is 5.10 Å². The van der Waals surface area contributed by atoms with Crippen molar-refractivity contribution in [1.29, 1.82) is 0 Å². The van der Waals surface area contributed by atoms with E-state index >= 15 is 0 Å². The van der Waals surface area contributed by atoms with Crippen LogP contribution in [0.15, 0.2) is 29.6 Å². The van der Waals surface area contributed by atoms with Crippen molar-refractivity contribution in [1.82, 2.24) is 29.4 Å². The zero-order chi connectivity index (χ0) is 15.6. The van der Waals surface area contributed by atoms with Crippen LogP contribution in [0.25, 0.3) is 5.82 Å². The summed E-state index contributed by atoms with van der Waals surface area (Å²) >= 11 is 0. The van der Waals surface area contributed by atoms with E-state index in [4.69, 9.17) is 4.74 Å². The van der Waals surface area contributed by atoms with E-state index in [1.54, 1.807) is 17.1 Å². The number of aromatic nitrogens is 5. The molecule has 8 nitrogen and oxygen atoms in total. The average molecular weight is 316 g/mol. The van der Waals surface area contributed by atoms with Gasteiger partial charge in [0.15, 0.2) is 5.82 Å². The smallest absolute Gasteiger partial charge is 0.268 e. The van der Waals surface area contributed by atoms with Crippen LogP contribution in [0.1, 0.15) is 25.7 Å². The highest BCUT2D eigenvalue weighted by Gasteiger charge is 2.34. The molecule has 3 heterocycles. The van der Waals surface area contributed by atoms with Crippen LogP contribution in [0.4, 0.5) is 0 Å². The highest BCUT2D eigenvalue weighted by Crippen LogP contribution is 2.28. The minimum absolute atomic E-state index is 0.104. The fourth-order valence-corrected chi connectivity index (χ4v) is 3.51. The van der Waals surface area contributed by atoms with Crippen LogP contribution in [0.3, 0.4) is 0 Å². The predicted octanol–water partition coefficient (Wildman–Crippen LogP) is 0.425. The van der Waals surface area contributed by atoms with Crippen molar-refractivity contribution in [2.45, 2.75) is 44.5 Å². The van der Waals surface area contributed by atoms with Crippen molar-refractivity contribution < 1.29 is 4.74 Å². The molecule has 1 aliphatic heterocycles. The fourth-order valence-electron chi connectivity index (χ4n) is 3.51. The number of hydrogen-bond donors (Lipinski definition) is 0. The third-order valence-corrected chi connectivity index (χ3v) is 4.67. The molecule has 2 unspecified atom stereocenters. The third-order valence-electron chi connectivity index (χ3n) is 4.67. The van der Waals surface area contributed by atoms with Gasteiger partial charge in [0.2, 0.25) is 0 Å². The number of rotatable bonds is 3. The van der Waals surface area contributed by atoms with Crippen molar-refractivity contribution in [2.24, 2.45) is 0 Å². The van der Waals surface area contributed by atoms with Gasteiger partial charge in [0, 0.05) is 18.7 Å². The maximum absolute atomic E-state index is 12.2. The maximum atomic E-state index is 12.2. The predicted molar refractivity (Wildman–Crippen MR) is 82.1 cm³/mol. The molecule has 0 radical (unpaired) electrons. The van der Waals surface area contributed by atoms with Crippen LogP contribution >= 0.6 is 0 Å². The third kappa shape index (κ3) is 2.91. The number of fused-ring (bicyclic) bond motifs is 1. The zero-order valence-corrected chi connectivity index (χ0v) is 12.9. The van der Waals surface area contributed by atoms with Crippen molar-refractivity contribution in [3.63, 3.8) is 0 Å². The van der Waals surface area contributed by atoms with Gasteiger partial charge >= 0.3 is 0 Å². The second kappa shape index (κ2) is 6.21. The summed E-state index contributed by atoms with van der Waals surface area (Å²) in [5.74, 6) is 0.593. The van der Waals surface area contributed by atoms with Crippen molar-refractivity contribution in [2.75, 3.05) is 13.2 Å². The summed E-state index contributed by atoms with van der Waals surface area (Å²) in [5, 5.41) is 8.49. The molecule has 2 aromatic rings. The Labute approximate surface area is 133 Å². The fraction of sp³-hybridized carbons (Fsp3) is 0.600. The van der Waals surface area contributed by atoms with E-state index in [1.807, 2.05) is 0 Å². The summed E-state index contributed by atoms with van der Waals surface area (Å²) < 4.78 is 8.95. The summed E-state index contributed by atoms with van der Waals surface area (Å²) in [6.07, 6.45) is 8.02. The van der Waals surface area contributed by atoms with E-state index in [2.05, 4.69) is 20.1 Å². The normalized spacial score (nSPS) is 25.2. The van der Waals surface area contributed by atoms with E-state index < -0.39 is 0 Å². The van der Waals surface area contributed by atoms with E-state index in [0.717, 1.165) is 26.0 Å². The highest BCUT2D eigenvalue weighted by molar-refractivity contribution is 5.16. The highest BCUT2D eigenvalue weighted by atomic mass is 16.5. The number of nitrogens with zero attached hydrogens (tertiary/aromatic N) is 6. The minimum Gasteiger partial charge on any atom is -0.375 e. The summed E-state index contributed by atoms with van der Waals surface area (Å²) in [7, 11) is 0. The Morgan fingerprint density at radius 1 is 1.26 bits per heavy atom. The van der Waals surface area contributed by atoms with Crippen molar-refractivity contribution in [3.8, 4) is 5.82 Å². The van der Waals surface area contributed by atoms with E-state index in [1.165, 1.54) is 29.9 Å². The molecular weight excluding hydrogens is 296 g/mol. The van der Waals surface area contributed by atoms with Gasteiger partial charge in [0.05, 0.1) is 19.4 Å². The minimum atomic E-state index is -0.104. The summed E-state index contributed by atoms with van der Waals surface area (Å²) in [6, 6.07) is 3.58. The SMILES string of the molecule is O=c1ccc(-n2cncn2)nn1CN1CCOC2CCCCC21. The van der Waals surface area contributed by atoms with Gasteiger partial charge in [-0.05, 0) is 18.9 Å². The summed E-state index contributed by atoms with van der Waals surface area (Å²) in [6.45, 7) is 2.05. The lowest BCUT2D eigenvalue weighted by atomic mass is 9.90.